The van der Waals surface area contributed by atoms with Crippen LogP contribution in [0.1, 0.15) is 27.7 Å². The molecule has 0 saturated carbocycles. The van der Waals surface area contributed by atoms with Gasteiger partial charge in [0.2, 0.25) is 0 Å². The minimum atomic E-state index is -0.889. The molecule has 1 amide bonds. The van der Waals surface area contributed by atoms with Crippen molar-refractivity contribution in [2.75, 3.05) is 18.9 Å². The maximum absolute atomic E-state index is 12.8. The summed E-state index contributed by atoms with van der Waals surface area (Å²) in [6, 6.07) is 5.52. The van der Waals surface area contributed by atoms with Crippen molar-refractivity contribution in [3.63, 3.8) is 0 Å². The van der Waals surface area contributed by atoms with E-state index in [1.807, 2.05) is 0 Å². The Hall–Kier alpha value is -1.99. The number of anilines is 1. The topological polar surface area (TPSA) is 74.2 Å². The number of nitrogens with one attached hydrogen (secondary N) is 2. The maximum atomic E-state index is 12.8. The number of hydrogen-bond donors (Lipinski definition) is 3. The van der Waals surface area contributed by atoms with Crippen LogP contribution in [-0.2, 0) is 0 Å². The average Bonchev–Trinajstić information content (AvgIpc) is 2.86. The van der Waals surface area contributed by atoms with Crippen LogP contribution in [0.2, 0.25) is 0 Å². The number of carbonyl (C=O) groups excluding carboxylic acids is 1. The fourth-order valence-corrected chi connectivity index (χ4v) is 2.63. The highest BCUT2D eigenvalue weighted by atomic mass is 32.1. The Balaban J connectivity index is 2.00. The van der Waals surface area contributed by atoms with Gasteiger partial charge in [-0.3, -0.25) is 4.79 Å². The molecule has 1 unspecified atom stereocenters. The molecule has 0 aliphatic carbocycles. The van der Waals surface area contributed by atoms with E-state index in [1.165, 1.54) is 35.8 Å². The molecule has 5 nitrogen and oxygen atoms in total. The number of aromatic nitrogens is 1. The molecule has 0 saturated heterocycles. The first-order valence-electron chi connectivity index (χ1n) is 6.38. The third-order valence-corrected chi connectivity index (χ3v) is 3.98. The minimum absolute atomic E-state index is 0.0446. The number of hydrogen-bond acceptors (Lipinski definition) is 5. The van der Waals surface area contributed by atoms with E-state index in [2.05, 4.69) is 15.0 Å². The second kappa shape index (κ2) is 6.64. The average molecular weight is 309 g/mol. The molecule has 112 valence electrons. The largest absolute Gasteiger partial charge is 0.387 e. The number of carbonyl (C=O) groups is 1. The number of aliphatic hydroxyl groups excluding tert-OH is 1. The Morgan fingerprint density at radius 3 is 2.71 bits per heavy atom. The third kappa shape index (κ3) is 3.56. The van der Waals surface area contributed by atoms with Gasteiger partial charge in [0, 0.05) is 13.6 Å². The standard InChI is InChI=1S/C14H16FN3O2S/c1-8-12(14(16-2)21-18-8)13(20)17-7-11(19)9-3-5-10(15)6-4-9/h3-6,11,16,19H,7H2,1-2H3,(H,17,20). The van der Waals surface area contributed by atoms with Gasteiger partial charge in [0.1, 0.15) is 10.8 Å². The Labute approximate surface area is 126 Å². The molecule has 0 radical (unpaired) electrons. The summed E-state index contributed by atoms with van der Waals surface area (Å²) < 4.78 is 16.9. The predicted octanol–water partition coefficient (Wildman–Crippen LogP) is 2.10. The van der Waals surface area contributed by atoms with E-state index in [1.54, 1.807) is 14.0 Å². The van der Waals surface area contributed by atoms with Crippen LogP contribution in [0, 0.1) is 12.7 Å². The zero-order chi connectivity index (χ0) is 15.4. The molecule has 1 aromatic heterocycles. The number of nitrogens with zero attached hydrogens (tertiary/aromatic N) is 1. The van der Waals surface area contributed by atoms with Crippen molar-refractivity contribution in [2.24, 2.45) is 0 Å². The summed E-state index contributed by atoms with van der Waals surface area (Å²) in [5, 5.41) is 16.2. The van der Waals surface area contributed by atoms with E-state index in [0.29, 0.717) is 21.8 Å². The number of amides is 1. The van der Waals surface area contributed by atoms with Gasteiger partial charge in [-0.05, 0) is 36.2 Å². The van der Waals surface area contributed by atoms with E-state index in [4.69, 9.17) is 0 Å². The molecule has 3 N–H and O–H groups in total. The van der Waals surface area contributed by atoms with Gasteiger partial charge in [0.05, 0.1) is 17.4 Å². The second-order valence-corrected chi connectivity index (χ2v) is 5.27. The van der Waals surface area contributed by atoms with E-state index in [-0.39, 0.29) is 18.3 Å². The smallest absolute Gasteiger partial charge is 0.256 e. The molecule has 1 heterocycles. The van der Waals surface area contributed by atoms with Crippen LogP contribution in [0.4, 0.5) is 9.39 Å². The van der Waals surface area contributed by atoms with Gasteiger partial charge in [-0.2, -0.15) is 4.37 Å². The molecular weight excluding hydrogens is 293 g/mol. The van der Waals surface area contributed by atoms with Crippen molar-refractivity contribution >= 4 is 22.4 Å². The van der Waals surface area contributed by atoms with Crippen molar-refractivity contribution in [3.8, 4) is 0 Å². The molecule has 1 atom stereocenters. The van der Waals surface area contributed by atoms with Crippen LogP contribution in [-0.4, -0.2) is 29.0 Å². The van der Waals surface area contributed by atoms with E-state index >= 15 is 0 Å². The summed E-state index contributed by atoms with van der Waals surface area (Å²) in [5.41, 5.74) is 1.66. The van der Waals surface area contributed by atoms with Gasteiger partial charge in [-0.15, -0.1) is 0 Å². The van der Waals surface area contributed by atoms with Crippen molar-refractivity contribution in [3.05, 3.63) is 46.9 Å². The van der Waals surface area contributed by atoms with Crippen LogP contribution in [0.5, 0.6) is 0 Å². The summed E-state index contributed by atoms with van der Waals surface area (Å²) in [7, 11) is 1.72. The molecule has 2 aromatic rings. The molecule has 0 fully saturated rings. The van der Waals surface area contributed by atoms with Gasteiger partial charge in [-0.25, -0.2) is 4.39 Å². The van der Waals surface area contributed by atoms with Gasteiger partial charge in [0.15, 0.2) is 0 Å². The number of aryl methyl sites for hydroxylation is 1. The van der Waals surface area contributed by atoms with Crippen LogP contribution in [0.15, 0.2) is 24.3 Å². The third-order valence-electron chi connectivity index (χ3n) is 3.03. The Morgan fingerprint density at radius 1 is 1.43 bits per heavy atom. The lowest BCUT2D eigenvalue weighted by atomic mass is 10.1. The predicted molar refractivity (Wildman–Crippen MR) is 80.1 cm³/mol. The number of halogens is 1. The summed E-state index contributed by atoms with van der Waals surface area (Å²) in [6.07, 6.45) is -0.889. The summed E-state index contributed by atoms with van der Waals surface area (Å²) in [5.74, 6) is -0.666. The van der Waals surface area contributed by atoms with E-state index in [9.17, 15) is 14.3 Å². The van der Waals surface area contributed by atoms with Gasteiger partial charge >= 0.3 is 0 Å². The van der Waals surface area contributed by atoms with E-state index in [0.717, 1.165) is 0 Å². The SMILES string of the molecule is CNc1snc(C)c1C(=O)NCC(O)c1ccc(F)cc1. The Morgan fingerprint density at radius 2 is 2.10 bits per heavy atom. The quantitative estimate of drug-likeness (QED) is 0.791. The van der Waals surface area contributed by atoms with Crippen molar-refractivity contribution < 1.29 is 14.3 Å². The zero-order valence-corrected chi connectivity index (χ0v) is 12.5. The minimum Gasteiger partial charge on any atom is -0.387 e. The highest BCUT2D eigenvalue weighted by Crippen LogP contribution is 2.23. The summed E-state index contributed by atoms with van der Waals surface area (Å²) in [6.45, 7) is 1.80. The monoisotopic (exact) mass is 309 g/mol. The van der Waals surface area contributed by atoms with E-state index < -0.39 is 6.10 Å². The molecule has 7 heteroatoms. The lowest BCUT2D eigenvalue weighted by molar-refractivity contribution is 0.0916. The number of benzene rings is 1. The first-order chi connectivity index (χ1) is 10.0. The fraction of sp³-hybridized carbons (Fsp3) is 0.286. The second-order valence-electron chi connectivity index (χ2n) is 4.50. The lowest BCUT2D eigenvalue weighted by Crippen LogP contribution is -2.29. The van der Waals surface area contributed by atoms with Gasteiger partial charge in [-0.1, -0.05) is 12.1 Å². The molecule has 2 rings (SSSR count). The molecule has 21 heavy (non-hydrogen) atoms. The van der Waals surface area contributed by atoms with Crippen molar-refractivity contribution in [2.45, 2.75) is 13.0 Å². The van der Waals surface area contributed by atoms with Crippen LogP contribution < -0.4 is 10.6 Å². The first-order valence-corrected chi connectivity index (χ1v) is 7.16. The highest BCUT2D eigenvalue weighted by Gasteiger charge is 2.18. The van der Waals surface area contributed by atoms with Crippen LogP contribution >= 0.6 is 11.5 Å². The van der Waals surface area contributed by atoms with Crippen LogP contribution in [0.3, 0.4) is 0 Å². The number of rotatable bonds is 5. The summed E-state index contributed by atoms with van der Waals surface area (Å²) in [4.78, 5) is 12.1. The van der Waals surface area contributed by atoms with Gasteiger partial charge in [0.25, 0.3) is 5.91 Å². The summed E-state index contributed by atoms with van der Waals surface area (Å²) >= 11 is 1.21. The fourth-order valence-electron chi connectivity index (χ4n) is 1.89. The molecule has 0 spiro atoms. The lowest BCUT2D eigenvalue weighted by Gasteiger charge is -2.12. The number of aliphatic hydroxyl groups is 1. The zero-order valence-electron chi connectivity index (χ0n) is 11.7. The molecule has 0 bridgehead atoms. The van der Waals surface area contributed by atoms with Crippen LogP contribution in [0.25, 0.3) is 0 Å². The van der Waals surface area contributed by atoms with Gasteiger partial charge < -0.3 is 15.7 Å². The normalized spacial score (nSPS) is 12.0. The highest BCUT2D eigenvalue weighted by molar-refractivity contribution is 7.10. The first kappa shape index (κ1) is 15.4. The molecular formula is C14H16FN3O2S. The maximum Gasteiger partial charge on any atom is 0.256 e. The molecule has 0 aliphatic rings. The molecule has 0 aliphatic heterocycles. The Bertz CT molecular complexity index is 628. The van der Waals surface area contributed by atoms with Crippen molar-refractivity contribution in [1.29, 1.82) is 0 Å². The van der Waals surface area contributed by atoms with Crippen molar-refractivity contribution in [1.82, 2.24) is 9.69 Å². The Kier molecular flexibility index (Phi) is 4.87. The molecule has 1 aromatic carbocycles.